The van der Waals surface area contributed by atoms with Crippen molar-refractivity contribution in [2.45, 2.75) is 12.8 Å². The van der Waals surface area contributed by atoms with Crippen LogP contribution in [0.3, 0.4) is 0 Å². The Hall–Kier alpha value is -2.40. The summed E-state index contributed by atoms with van der Waals surface area (Å²) in [5, 5.41) is 0. The zero-order valence-electron chi connectivity index (χ0n) is 12.6. The third kappa shape index (κ3) is 2.87. The van der Waals surface area contributed by atoms with Gasteiger partial charge in [0.25, 0.3) is 0 Å². The number of ketones is 1. The predicted molar refractivity (Wildman–Crippen MR) is 91.9 cm³/mol. The second-order valence-corrected chi connectivity index (χ2v) is 6.67. The lowest BCUT2D eigenvalue weighted by Gasteiger charge is -2.04. The lowest BCUT2D eigenvalue weighted by Crippen LogP contribution is -2.09. The molecule has 0 bridgehead atoms. The van der Waals surface area contributed by atoms with E-state index in [-0.39, 0.29) is 23.4 Å². The zero-order chi connectivity index (χ0) is 16.7. The molecule has 2 aliphatic rings. The van der Waals surface area contributed by atoms with Crippen LogP contribution in [0.15, 0.2) is 52.7 Å². The molecule has 2 aromatic carbocycles. The standard InChI is InChI=1S/C19H13BrO4/c20-15-4-2-1-3-12(15)9-17-18(21)14-8-7-13(10-16(14)24-17)23-19(22)11-5-6-11/h1-4,7-11H,5-6H2. The molecule has 4 nitrogen and oxygen atoms in total. The van der Waals surface area contributed by atoms with Crippen molar-refractivity contribution in [2.24, 2.45) is 5.92 Å². The fraction of sp³-hybridized carbons (Fsp3) is 0.158. The van der Waals surface area contributed by atoms with Crippen molar-refractivity contribution in [1.29, 1.82) is 0 Å². The van der Waals surface area contributed by atoms with Crippen molar-refractivity contribution in [3.05, 3.63) is 63.8 Å². The fourth-order valence-corrected chi connectivity index (χ4v) is 2.88. The Morgan fingerprint density at radius 3 is 2.75 bits per heavy atom. The predicted octanol–water partition coefficient (Wildman–Crippen LogP) is 4.38. The summed E-state index contributed by atoms with van der Waals surface area (Å²) >= 11 is 3.45. The Morgan fingerprint density at radius 1 is 1.21 bits per heavy atom. The number of halogens is 1. The molecule has 0 aromatic heterocycles. The first kappa shape index (κ1) is 15.1. The molecular formula is C19H13BrO4. The van der Waals surface area contributed by atoms with E-state index in [4.69, 9.17) is 9.47 Å². The SMILES string of the molecule is O=C1C(=Cc2ccccc2Br)Oc2cc(OC(=O)C3CC3)ccc21. The van der Waals surface area contributed by atoms with Gasteiger partial charge < -0.3 is 9.47 Å². The molecule has 0 saturated heterocycles. The van der Waals surface area contributed by atoms with Gasteiger partial charge in [-0.3, -0.25) is 9.59 Å². The van der Waals surface area contributed by atoms with Crippen LogP contribution in [0, 0.1) is 5.92 Å². The summed E-state index contributed by atoms with van der Waals surface area (Å²) < 4.78 is 11.9. The monoisotopic (exact) mass is 384 g/mol. The number of allylic oxidation sites excluding steroid dienone is 1. The second kappa shape index (κ2) is 5.91. The van der Waals surface area contributed by atoms with Gasteiger partial charge in [-0.2, -0.15) is 0 Å². The summed E-state index contributed by atoms with van der Waals surface area (Å²) in [6, 6.07) is 12.4. The van der Waals surface area contributed by atoms with E-state index < -0.39 is 0 Å². The molecule has 0 atom stereocenters. The molecule has 120 valence electrons. The molecule has 5 heteroatoms. The summed E-state index contributed by atoms with van der Waals surface area (Å²) in [7, 11) is 0. The number of esters is 1. The minimum absolute atomic E-state index is 0.0201. The summed E-state index contributed by atoms with van der Waals surface area (Å²) in [5.74, 6) is 0.693. The van der Waals surface area contributed by atoms with Crippen LogP contribution >= 0.6 is 15.9 Å². The summed E-state index contributed by atoms with van der Waals surface area (Å²) in [5.41, 5.74) is 1.33. The van der Waals surface area contributed by atoms with Gasteiger partial charge in [-0.25, -0.2) is 0 Å². The van der Waals surface area contributed by atoms with Crippen LogP contribution in [0.5, 0.6) is 11.5 Å². The normalized spacial score (nSPS) is 17.5. The van der Waals surface area contributed by atoms with E-state index in [0.29, 0.717) is 17.1 Å². The van der Waals surface area contributed by atoms with Gasteiger partial charge in [0, 0.05) is 10.5 Å². The number of hydrogen-bond donors (Lipinski definition) is 0. The van der Waals surface area contributed by atoms with E-state index in [1.165, 1.54) is 0 Å². The molecule has 0 unspecified atom stereocenters. The van der Waals surface area contributed by atoms with E-state index in [1.807, 2.05) is 24.3 Å². The van der Waals surface area contributed by atoms with Crippen LogP contribution in [0.1, 0.15) is 28.8 Å². The fourth-order valence-electron chi connectivity index (χ4n) is 2.48. The Labute approximate surface area is 147 Å². The number of rotatable bonds is 3. The molecule has 24 heavy (non-hydrogen) atoms. The highest BCUT2D eigenvalue weighted by Crippen LogP contribution is 2.37. The van der Waals surface area contributed by atoms with Crippen molar-refractivity contribution >= 4 is 33.8 Å². The van der Waals surface area contributed by atoms with Crippen molar-refractivity contribution in [3.63, 3.8) is 0 Å². The zero-order valence-corrected chi connectivity index (χ0v) is 14.2. The number of carbonyl (C=O) groups excluding carboxylic acids is 2. The first-order chi connectivity index (χ1) is 11.6. The summed E-state index contributed by atoms with van der Waals surface area (Å²) in [4.78, 5) is 24.2. The molecule has 1 saturated carbocycles. The van der Waals surface area contributed by atoms with Crippen LogP contribution in [-0.2, 0) is 4.79 Å². The quantitative estimate of drug-likeness (QED) is 0.447. The number of Topliss-reactive ketones (excluding diaryl/α,β-unsaturated/α-hetero) is 1. The van der Waals surface area contributed by atoms with Crippen LogP contribution < -0.4 is 9.47 Å². The van der Waals surface area contributed by atoms with E-state index in [9.17, 15) is 9.59 Å². The van der Waals surface area contributed by atoms with Gasteiger partial charge in [-0.1, -0.05) is 34.1 Å². The molecule has 4 rings (SSSR count). The third-order valence-electron chi connectivity index (χ3n) is 3.96. The molecule has 1 aliphatic heterocycles. The summed E-state index contributed by atoms with van der Waals surface area (Å²) in [6.07, 6.45) is 3.47. The Bertz CT molecular complexity index is 881. The maximum atomic E-state index is 12.4. The summed E-state index contributed by atoms with van der Waals surface area (Å²) in [6.45, 7) is 0. The number of ether oxygens (including phenoxy) is 2. The van der Waals surface area contributed by atoms with Crippen molar-refractivity contribution in [3.8, 4) is 11.5 Å². The van der Waals surface area contributed by atoms with Crippen molar-refractivity contribution < 1.29 is 19.1 Å². The van der Waals surface area contributed by atoms with Gasteiger partial charge in [-0.05, 0) is 42.7 Å². The average Bonchev–Trinajstić information content (AvgIpc) is 3.37. The average molecular weight is 385 g/mol. The van der Waals surface area contributed by atoms with Crippen LogP contribution in [0.2, 0.25) is 0 Å². The third-order valence-corrected chi connectivity index (χ3v) is 4.68. The smallest absolute Gasteiger partial charge is 0.314 e. The van der Waals surface area contributed by atoms with Crippen LogP contribution in [0.4, 0.5) is 0 Å². The highest BCUT2D eigenvalue weighted by Gasteiger charge is 2.32. The molecule has 2 aromatic rings. The molecule has 0 radical (unpaired) electrons. The van der Waals surface area contributed by atoms with E-state index in [2.05, 4.69) is 15.9 Å². The Kier molecular flexibility index (Phi) is 3.73. The van der Waals surface area contributed by atoms with Gasteiger partial charge in [0.2, 0.25) is 5.78 Å². The second-order valence-electron chi connectivity index (χ2n) is 5.81. The van der Waals surface area contributed by atoms with Gasteiger partial charge in [0.15, 0.2) is 5.76 Å². The van der Waals surface area contributed by atoms with Crippen molar-refractivity contribution in [1.82, 2.24) is 0 Å². The Balaban J connectivity index is 1.60. The van der Waals surface area contributed by atoms with Crippen molar-refractivity contribution in [2.75, 3.05) is 0 Å². The first-order valence-electron chi connectivity index (χ1n) is 7.66. The molecule has 1 fully saturated rings. The topological polar surface area (TPSA) is 52.6 Å². The molecule has 0 spiro atoms. The largest absolute Gasteiger partial charge is 0.452 e. The number of benzene rings is 2. The van der Waals surface area contributed by atoms with Crippen LogP contribution in [0.25, 0.3) is 6.08 Å². The highest BCUT2D eigenvalue weighted by atomic mass is 79.9. The number of hydrogen-bond acceptors (Lipinski definition) is 4. The molecule has 0 N–H and O–H groups in total. The number of fused-ring (bicyclic) bond motifs is 1. The Morgan fingerprint density at radius 2 is 2.00 bits per heavy atom. The van der Waals surface area contributed by atoms with E-state index in [1.54, 1.807) is 24.3 Å². The number of carbonyl (C=O) groups is 2. The van der Waals surface area contributed by atoms with Gasteiger partial charge in [-0.15, -0.1) is 0 Å². The minimum atomic E-state index is -0.219. The van der Waals surface area contributed by atoms with Gasteiger partial charge in [0.05, 0.1) is 11.5 Å². The maximum absolute atomic E-state index is 12.4. The first-order valence-corrected chi connectivity index (χ1v) is 8.45. The highest BCUT2D eigenvalue weighted by molar-refractivity contribution is 9.10. The van der Waals surface area contributed by atoms with Gasteiger partial charge >= 0.3 is 5.97 Å². The molecule has 1 heterocycles. The minimum Gasteiger partial charge on any atom is -0.452 e. The van der Waals surface area contributed by atoms with Crippen LogP contribution in [-0.4, -0.2) is 11.8 Å². The molecular weight excluding hydrogens is 372 g/mol. The molecule has 0 amide bonds. The van der Waals surface area contributed by atoms with E-state index in [0.717, 1.165) is 22.9 Å². The maximum Gasteiger partial charge on any atom is 0.314 e. The molecule has 1 aliphatic carbocycles. The lowest BCUT2D eigenvalue weighted by atomic mass is 10.1. The van der Waals surface area contributed by atoms with E-state index >= 15 is 0 Å². The lowest BCUT2D eigenvalue weighted by molar-refractivity contribution is -0.135. The van der Waals surface area contributed by atoms with Gasteiger partial charge in [0.1, 0.15) is 11.5 Å².